The van der Waals surface area contributed by atoms with Crippen LogP contribution in [-0.2, 0) is 0 Å². The van der Waals surface area contributed by atoms with Crippen molar-refractivity contribution in [2.75, 3.05) is 0 Å². The van der Waals surface area contributed by atoms with E-state index in [4.69, 9.17) is 0 Å². The first-order valence-electron chi connectivity index (χ1n) is 5.09. The maximum Gasteiger partial charge on any atom is -0.0260 e. The van der Waals surface area contributed by atoms with Crippen LogP contribution in [0.1, 0.15) is 45.4 Å². The molecule has 1 aliphatic rings. The second-order valence-electron chi connectivity index (χ2n) is 3.90. The Balaban J connectivity index is 2.58. The molecule has 0 saturated heterocycles. The van der Waals surface area contributed by atoms with E-state index in [1.807, 2.05) is 0 Å². The molecule has 0 spiro atoms. The van der Waals surface area contributed by atoms with Crippen LogP contribution in [0.2, 0.25) is 0 Å². The van der Waals surface area contributed by atoms with Crippen molar-refractivity contribution in [2.24, 2.45) is 5.41 Å². The Kier molecular flexibility index (Phi) is 3.58. The Labute approximate surface area is 76.4 Å². The molecular formula is C12H20. The number of hydrogen-bond donors (Lipinski definition) is 0. The summed E-state index contributed by atoms with van der Waals surface area (Å²) >= 11 is 0. The van der Waals surface area contributed by atoms with E-state index in [0.717, 1.165) is 0 Å². The minimum absolute atomic E-state index is 0.575. The smallest absolute Gasteiger partial charge is 0.0260 e. The van der Waals surface area contributed by atoms with Crippen LogP contribution in [0.3, 0.4) is 0 Å². The fourth-order valence-corrected chi connectivity index (χ4v) is 2.15. The van der Waals surface area contributed by atoms with Crippen molar-refractivity contribution in [3.05, 3.63) is 24.8 Å². The van der Waals surface area contributed by atoms with Gasteiger partial charge < -0.3 is 0 Å². The van der Waals surface area contributed by atoms with Gasteiger partial charge in [0.25, 0.3) is 0 Å². The van der Waals surface area contributed by atoms with Crippen molar-refractivity contribution in [3.8, 4) is 0 Å². The normalized spacial score (nSPS) is 21.8. The molecule has 0 aromatic carbocycles. The van der Waals surface area contributed by atoms with Gasteiger partial charge in [-0.1, -0.05) is 31.6 Å². The summed E-state index contributed by atoms with van der Waals surface area (Å²) in [5, 5.41) is 0. The highest BCUT2D eigenvalue weighted by atomic mass is 14.3. The quantitative estimate of drug-likeness (QED) is 0.551. The maximum atomic E-state index is 3.86. The molecule has 0 aromatic rings. The third-order valence-electron chi connectivity index (χ3n) is 3.18. The van der Waals surface area contributed by atoms with Crippen LogP contribution in [0.25, 0.3) is 0 Å². The zero-order valence-corrected chi connectivity index (χ0v) is 8.18. The highest BCUT2D eigenvalue weighted by molar-refractivity contribution is 4.95. The van der Waals surface area contributed by atoms with Crippen molar-refractivity contribution >= 4 is 0 Å². The van der Waals surface area contributed by atoms with Crippen LogP contribution in [0.4, 0.5) is 0 Å². The second-order valence-corrected chi connectivity index (χ2v) is 3.90. The Bertz CT molecular complexity index is 155. The minimum Gasteiger partial charge on any atom is -0.103 e. The predicted octanol–water partition coefficient (Wildman–Crippen LogP) is 4.09. The second kappa shape index (κ2) is 4.49. The first-order chi connectivity index (χ1) is 5.83. The van der Waals surface area contributed by atoms with Gasteiger partial charge in [-0.25, -0.2) is 0 Å². The topological polar surface area (TPSA) is 0 Å². The summed E-state index contributed by atoms with van der Waals surface area (Å²) in [5.41, 5.74) is 0.575. The molecule has 0 heterocycles. The molecule has 0 N–H and O–H groups in total. The van der Waals surface area contributed by atoms with Crippen molar-refractivity contribution < 1.29 is 0 Å². The van der Waals surface area contributed by atoms with Gasteiger partial charge >= 0.3 is 0 Å². The van der Waals surface area contributed by atoms with E-state index in [2.05, 4.69) is 31.7 Å². The van der Waals surface area contributed by atoms with Gasteiger partial charge in [0, 0.05) is 0 Å². The van der Waals surface area contributed by atoms with Gasteiger partial charge in [0.05, 0.1) is 0 Å². The van der Waals surface area contributed by atoms with Crippen molar-refractivity contribution in [3.63, 3.8) is 0 Å². The lowest BCUT2D eigenvalue weighted by Crippen LogP contribution is -2.17. The Morgan fingerprint density at radius 3 is 2.33 bits per heavy atom. The monoisotopic (exact) mass is 164 g/mol. The van der Waals surface area contributed by atoms with E-state index in [-0.39, 0.29) is 0 Å². The summed E-state index contributed by atoms with van der Waals surface area (Å²) in [6.45, 7) is 6.17. The molecule has 12 heavy (non-hydrogen) atoms. The predicted molar refractivity (Wildman–Crippen MR) is 55.1 cm³/mol. The van der Waals surface area contributed by atoms with Gasteiger partial charge in [-0.15, -0.1) is 6.58 Å². The molecule has 0 fully saturated rings. The standard InChI is InChI=1S/C12H20/c1-3-9-12(4-2)10-7-5-6-8-11-12/h3,5-6H,1,4,7-11H2,2H3. The van der Waals surface area contributed by atoms with E-state index in [1.54, 1.807) is 0 Å². The molecule has 1 aliphatic carbocycles. The lowest BCUT2D eigenvalue weighted by molar-refractivity contribution is 0.240. The van der Waals surface area contributed by atoms with Crippen molar-refractivity contribution in [2.45, 2.75) is 45.4 Å². The first-order valence-corrected chi connectivity index (χ1v) is 5.09. The maximum absolute atomic E-state index is 3.86. The van der Waals surface area contributed by atoms with Gasteiger partial charge in [0.2, 0.25) is 0 Å². The highest BCUT2D eigenvalue weighted by Gasteiger charge is 2.25. The Morgan fingerprint density at radius 2 is 1.92 bits per heavy atom. The van der Waals surface area contributed by atoms with Gasteiger partial charge in [-0.2, -0.15) is 0 Å². The van der Waals surface area contributed by atoms with Gasteiger partial charge in [-0.05, 0) is 37.5 Å². The number of rotatable bonds is 3. The summed E-state index contributed by atoms with van der Waals surface area (Å²) in [5.74, 6) is 0. The summed E-state index contributed by atoms with van der Waals surface area (Å²) in [7, 11) is 0. The molecular weight excluding hydrogens is 144 g/mol. The average molecular weight is 164 g/mol. The minimum atomic E-state index is 0.575. The van der Waals surface area contributed by atoms with Crippen molar-refractivity contribution in [1.29, 1.82) is 0 Å². The molecule has 0 aromatic heterocycles. The molecule has 0 nitrogen and oxygen atoms in total. The fourth-order valence-electron chi connectivity index (χ4n) is 2.15. The lowest BCUT2D eigenvalue weighted by Gasteiger charge is -2.30. The number of allylic oxidation sites excluding steroid dienone is 3. The van der Waals surface area contributed by atoms with E-state index in [0.29, 0.717) is 5.41 Å². The molecule has 0 amide bonds. The zero-order valence-electron chi connectivity index (χ0n) is 8.18. The van der Waals surface area contributed by atoms with E-state index in [9.17, 15) is 0 Å². The summed E-state index contributed by atoms with van der Waals surface area (Å²) in [6.07, 6.45) is 14.5. The largest absolute Gasteiger partial charge is 0.103 e. The first kappa shape index (κ1) is 9.57. The van der Waals surface area contributed by atoms with Gasteiger partial charge in [0.15, 0.2) is 0 Å². The zero-order chi connectivity index (χ0) is 8.86. The molecule has 0 radical (unpaired) electrons. The van der Waals surface area contributed by atoms with E-state index < -0.39 is 0 Å². The Morgan fingerprint density at radius 1 is 1.33 bits per heavy atom. The number of hydrogen-bond acceptors (Lipinski definition) is 0. The lowest BCUT2D eigenvalue weighted by atomic mass is 9.75. The van der Waals surface area contributed by atoms with Crippen LogP contribution in [0.15, 0.2) is 24.8 Å². The van der Waals surface area contributed by atoms with Gasteiger partial charge in [-0.3, -0.25) is 0 Å². The van der Waals surface area contributed by atoms with Crippen LogP contribution in [-0.4, -0.2) is 0 Å². The van der Waals surface area contributed by atoms with Crippen molar-refractivity contribution in [1.82, 2.24) is 0 Å². The summed E-state index contributed by atoms with van der Waals surface area (Å²) in [6, 6.07) is 0. The van der Waals surface area contributed by atoms with Crippen LogP contribution < -0.4 is 0 Å². The summed E-state index contributed by atoms with van der Waals surface area (Å²) < 4.78 is 0. The van der Waals surface area contributed by atoms with Crippen LogP contribution in [0.5, 0.6) is 0 Å². The van der Waals surface area contributed by atoms with E-state index >= 15 is 0 Å². The highest BCUT2D eigenvalue weighted by Crippen LogP contribution is 2.39. The molecule has 0 bridgehead atoms. The average Bonchev–Trinajstić information content (AvgIpc) is 2.32. The molecule has 1 rings (SSSR count). The third-order valence-corrected chi connectivity index (χ3v) is 3.18. The fraction of sp³-hybridized carbons (Fsp3) is 0.667. The molecule has 0 atom stereocenters. The summed E-state index contributed by atoms with van der Waals surface area (Å²) in [4.78, 5) is 0. The molecule has 0 heteroatoms. The molecule has 0 aliphatic heterocycles. The Hall–Kier alpha value is -0.520. The molecule has 68 valence electrons. The SMILES string of the molecule is C=CCC1(CC)CCC=CCC1. The molecule has 0 unspecified atom stereocenters. The van der Waals surface area contributed by atoms with Crippen LogP contribution in [0, 0.1) is 5.41 Å². The third kappa shape index (κ3) is 2.23. The van der Waals surface area contributed by atoms with Gasteiger partial charge in [0.1, 0.15) is 0 Å². The van der Waals surface area contributed by atoms with E-state index in [1.165, 1.54) is 38.5 Å². The molecule has 0 saturated carbocycles. The van der Waals surface area contributed by atoms with Crippen LogP contribution >= 0.6 is 0 Å².